The van der Waals surface area contributed by atoms with Gasteiger partial charge in [0.15, 0.2) is 0 Å². The van der Waals surface area contributed by atoms with E-state index in [1.807, 2.05) is 37.4 Å². The predicted molar refractivity (Wildman–Crippen MR) is 62.4 cm³/mol. The third kappa shape index (κ3) is 2.49. The molecule has 2 nitrogen and oxygen atoms in total. The smallest absolute Gasteiger partial charge is 0.127 e. The fourth-order valence-electron chi connectivity index (χ4n) is 1.68. The van der Waals surface area contributed by atoms with Gasteiger partial charge in [-0.05, 0) is 25.1 Å². The maximum atomic E-state index is 13.5. The van der Waals surface area contributed by atoms with E-state index >= 15 is 0 Å². The lowest BCUT2D eigenvalue weighted by atomic mass is 10.1. The first-order valence-corrected chi connectivity index (χ1v) is 5.37. The van der Waals surface area contributed by atoms with E-state index in [1.165, 1.54) is 6.07 Å². The summed E-state index contributed by atoms with van der Waals surface area (Å²) in [6.07, 6.45) is 1.88. The molecule has 84 valence electrons. The monoisotopic (exact) mass is 218 g/mol. The van der Waals surface area contributed by atoms with Crippen LogP contribution in [0.5, 0.6) is 0 Å². The molecule has 3 heteroatoms. The Labute approximate surface area is 94.5 Å². The summed E-state index contributed by atoms with van der Waals surface area (Å²) in [7, 11) is 0. The van der Waals surface area contributed by atoms with Crippen molar-refractivity contribution in [1.29, 1.82) is 0 Å². The fourth-order valence-corrected chi connectivity index (χ4v) is 1.68. The van der Waals surface area contributed by atoms with Crippen molar-refractivity contribution in [2.24, 2.45) is 0 Å². The van der Waals surface area contributed by atoms with Crippen molar-refractivity contribution in [1.82, 2.24) is 10.3 Å². The van der Waals surface area contributed by atoms with Gasteiger partial charge in [0.1, 0.15) is 5.82 Å². The molecular formula is C13H15FN2. The highest BCUT2D eigenvalue weighted by Gasteiger charge is 2.09. The van der Waals surface area contributed by atoms with E-state index in [-0.39, 0.29) is 11.9 Å². The maximum Gasteiger partial charge on any atom is 0.127 e. The van der Waals surface area contributed by atoms with Crippen LogP contribution >= 0.6 is 0 Å². The Morgan fingerprint density at radius 2 is 2.06 bits per heavy atom. The van der Waals surface area contributed by atoms with E-state index in [0.29, 0.717) is 12.1 Å². The molecule has 0 fully saturated rings. The minimum atomic E-state index is -0.158. The van der Waals surface area contributed by atoms with Gasteiger partial charge in [-0.1, -0.05) is 18.2 Å². The summed E-state index contributed by atoms with van der Waals surface area (Å²) in [6, 6.07) is 10.8. The second kappa shape index (κ2) is 4.94. The highest BCUT2D eigenvalue weighted by Crippen LogP contribution is 2.16. The Balaban J connectivity index is 1.98. The number of rotatable bonds is 4. The molecule has 0 radical (unpaired) electrons. The van der Waals surface area contributed by atoms with Gasteiger partial charge in [-0.3, -0.25) is 0 Å². The zero-order valence-corrected chi connectivity index (χ0v) is 9.20. The maximum absolute atomic E-state index is 13.5. The van der Waals surface area contributed by atoms with Gasteiger partial charge in [0.25, 0.3) is 0 Å². The van der Waals surface area contributed by atoms with Crippen molar-refractivity contribution in [3.05, 3.63) is 59.7 Å². The normalized spacial score (nSPS) is 12.6. The van der Waals surface area contributed by atoms with Gasteiger partial charge in [-0.15, -0.1) is 0 Å². The number of aromatic amines is 1. The van der Waals surface area contributed by atoms with Crippen LogP contribution in [0.3, 0.4) is 0 Å². The Morgan fingerprint density at radius 3 is 2.75 bits per heavy atom. The average molecular weight is 218 g/mol. The molecule has 0 aliphatic rings. The molecule has 0 bridgehead atoms. The number of halogens is 1. The molecule has 16 heavy (non-hydrogen) atoms. The number of aromatic nitrogens is 1. The molecule has 2 aromatic rings. The van der Waals surface area contributed by atoms with Crippen molar-refractivity contribution in [2.75, 3.05) is 0 Å². The Bertz CT molecular complexity index is 437. The van der Waals surface area contributed by atoms with Crippen molar-refractivity contribution in [3.63, 3.8) is 0 Å². The van der Waals surface area contributed by atoms with E-state index in [9.17, 15) is 4.39 Å². The first kappa shape index (κ1) is 10.9. The zero-order chi connectivity index (χ0) is 11.4. The Kier molecular flexibility index (Phi) is 3.37. The second-order valence-corrected chi connectivity index (χ2v) is 3.82. The third-order valence-corrected chi connectivity index (χ3v) is 2.63. The van der Waals surface area contributed by atoms with Crippen LogP contribution in [0.4, 0.5) is 4.39 Å². The average Bonchev–Trinajstić information content (AvgIpc) is 2.79. The van der Waals surface area contributed by atoms with Gasteiger partial charge in [0, 0.05) is 30.0 Å². The lowest BCUT2D eigenvalue weighted by molar-refractivity contribution is 0.525. The van der Waals surface area contributed by atoms with Gasteiger partial charge in [0.05, 0.1) is 0 Å². The SMILES string of the molecule is CC(NCc1ccc[nH]1)c1ccccc1F. The molecule has 1 atom stereocenters. The topological polar surface area (TPSA) is 27.8 Å². The summed E-state index contributed by atoms with van der Waals surface area (Å²) in [5, 5.41) is 3.27. The van der Waals surface area contributed by atoms with Crippen LogP contribution in [0.1, 0.15) is 24.2 Å². The quantitative estimate of drug-likeness (QED) is 0.811. The van der Waals surface area contributed by atoms with Crippen LogP contribution in [0.25, 0.3) is 0 Å². The lowest BCUT2D eigenvalue weighted by Crippen LogP contribution is -2.19. The number of H-pyrrole nitrogens is 1. The van der Waals surface area contributed by atoms with E-state index < -0.39 is 0 Å². The summed E-state index contributed by atoms with van der Waals surface area (Å²) in [6.45, 7) is 2.67. The van der Waals surface area contributed by atoms with Crippen molar-refractivity contribution in [2.45, 2.75) is 19.5 Å². The summed E-state index contributed by atoms with van der Waals surface area (Å²) in [5.74, 6) is -0.158. The molecule has 0 saturated heterocycles. The van der Waals surface area contributed by atoms with Gasteiger partial charge >= 0.3 is 0 Å². The van der Waals surface area contributed by atoms with E-state index in [0.717, 1.165) is 5.69 Å². The minimum absolute atomic E-state index is 0.00417. The molecule has 1 aromatic carbocycles. The summed E-state index contributed by atoms with van der Waals surface area (Å²) in [5.41, 5.74) is 1.80. The van der Waals surface area contributed by atoms with Crippen LogP contribution in [-0.4, -0.2) is 4.98 Å². The molecule has 0 saturated carbocycles. The first-order valence-electron chi connectivity index (χ1n) is 5.37. The third-order valence-electron chi connectivity index (χ3n) is 2.63. The number of hydrogen-bond donors (Lipinski definition) is 2. The molecule has 0 aliphatic carbocycles. The molecule has 1 aromatic heterocycles. The van der Waals surface area contributed by atoms with Crippen LogP contribution in [0.15, 0.2) is 42.6 Å². The lowest BCUT2D eigenvalue weighted by Gasteiger charge is -2.14. The van der Waals surface area contributed by atoms with Crippen molar-refractivity contribution >= 4 is 0 Å². The second-order valence-electron chi connectivity index (χ2n) is 3.82. The van der Waals surface area contributed by atoms with Gasteiger partial charge < -0.3 is 10.3 Å². The summed E-state index contributed by atoms with van der Waals surface area (Å²) < 4.78 is 13.5. The van der Waals surface area contributed by atoms with Gasteiger partial charge in [-0.25, -0.2) is 4.39 Å². The molecule has 2 rings (SSSR count). The molecule has 1 unspecified atom stereocenters. The fraction of sp³-hybridized carbons (Fsp3) is 0.231. The molecule has 0 amide bonds. The largest absolute Gasteiger partial charge is 0.364 e. The summed E-state index contributed by atoms with van der Waals surface area (Å²) >= 11 is 0. The van der Waals surface area contributed by atoms with Crippen LogP contribution < -0.4 is 5.32 Å². The highest BCUT2D eigenvalue weighted by atomic mass is 19.1. The van der Waals surface area contributed by atoms with Crippen LogP contribution in [0.2, 0.25) is 0 Å². The number of nitrogens with one attached hydrogen (secondary N) is 2. The molecule has 2 N–H and O–H groups in total. The predicted octanol–water partition coefficient (Wildman–Crippen LogP) is 3.00. The highest BCUT2D eigenvalue weighted by molar-refractivity contribution is 5.20. The van der Waals surface area contributed by atoms with Crippen molar-refractivity contribution in [3.8, 4) is 0 Å². The van der Waals surface area contributed by atoms with E-state index in [2.05, 4.69) is 10.3 Å². The van der Waals surface area contributed by atoms with Crippen molar-refractivity contribution < 1.29 is 4.39 Å². The Morgan fingerprint density at radius 1 is 1.25 bits per heavy atom. The van der Waals surface area contributed by atoms with E-state index in [4.69, 9.17) is 0 Å². The first-order chi connectivity index (χ1) is 7.77. The van der Waals surface area contributed by atoms with E-state index in [1.54, 1.807) is 6.07 Å². The number of hydrogen-bond acceptors (Lipinski definition) is 1. The molecular weight excluding hydrogens is 203 g/mol. The summed E-state index contributed by atoms with van der Waals surface area (Å²) in [4.78, 5) is 3.10. The standard InChI is InChI=1S/C13H15FN2/c1-10(12-6-2-3-7-13(12)14)16-9-11-5-4-8-15-11/h2-8,10,15-16H,9H2,1H3. The van der Waals surface area contributed by atoms with Crippen LogP contribution in [-0.2, 0) is 6.54 Å². The molecule has 0 spiro atoms. The number of benzene rings is 1. The minimum Gasteiger partial charge on any atom is -0.364 e. The van der Waals surface area contributed by atoms with Gasteiger partial charge in [-0.2, -0.15) is 0 Å². The molecule has 0 aliphatic heterocycles. The van der Waals surface area contributed by atoms with Crippen LogP contribution in [0, 0.1) is 5.82 Å². The van der Waals surface area contributed by atoms with Gasteiger partial charge in [0.2, 0.25) is 0 Å². The molecule has 1 heterocycles. The Hall–Kier alpha value is -1.61. The zero-order valence-electron chi connectivity index (χ0n) is 9.20.